The van der Waals surface area contributed by atoms with Crippen LogP contribution in [0.15, 0.2) is 152 Å². The van der Waals surface area contributed by atoms with Crippen LogP contribution in [0.25, 0.3) is 33.4 Å². The summed E-state index contributed by atoms with van der Waals surface area (Å²) in [6, 6.07) is 54.6. The molecule has 0 radical (unpaired) electrons. The van der Waals surface area contributed by atoms with Crippen molar-refractivity contribution in [3.8, 4) is 33.4 Å². The van der Waals surface area contributed by atoms with Gasteiger partial charge in [-0.25, -0.2) is 0 Å². The van der Waals surface area contributed by atoms with Crippen molar-refractivity contribution in [2.45, 2.75) is 5.41 Å². The van der Waals surface area contributed by atoms with Gasteiger partial charge in [-0.2, -0.15) is 0 Å². The van der Waals surface area contributed by atoms with Crippen molar-refractivity contribution in [2.75, 3.05) is 0 Å². The highest BCUT2D eigenvalue weighted by Gasteiger charge is 2.45. The van der Waals surface area contributed by atoms with Gasteiger partial charge in [-0.05, 0) is 73.8 Å². The smallest absolute Gasteiger partial charge is 0.0713 e. The van der Waals surface area contributed by atoms with Gasteiger partial charge < -0.3 is 0 Å². The van der Waals surface area contributed by atoms with E-state index in [0.29, 0.717) is 0 Å². The van der Waals surface area contributed by atoms with Crippen molar-refractivity contribution in [3.63, 3.8) is 0 Å². The van der Waals surface area contributed by atoms with Crippen molar-refractivity contribution in [2.24, 2.45) is 0 Å². The molecule has 0 bridgehead atoms. The van der Waals surface area contributed by atoms with Crippen LogP contribution in [0.4, 0.5) is 0 Å². The minimum Gasteiger partial charge on any atom is -0.0843 e. The van der Waals surface area contributed by atoms with Gasteiger partial charge in [0.25, 0.3) is 0 Å². The van der Waals surface area contributed by atoms with Crippen LogP contribution in [-0.2, 0) is 5.41 Å². The number of fused-ring (bicyclic) bond motifs is 3. The molecule has 6 aromatic carbocycles. The molecule has 0 spiro atoms. The molecule has 0 heterocycles. The zero-order valence-electron chi connectivity index (χ0n) is 20.8. The average Bonchev–Trinajstić information content (AvgIpc) is 3.29. The maximum atomic E-state index is 6.18. The van der Waals surface area contributed by atoms with Gasteiger partial charge in [0.2, 0.25) is 0 Å². The van der Waals surface area contributed by atoms with E-state index in [0.717, 1.165) is 5.02 Å². The summed E-state index contributed by atoms with van der Waals surface area (Å²) in [6.45, 7) is 0. The van der Waals surface area contributed by atoms with Crippen LogP contribution >= 0.6 is 11.6 Å². The summed E-state index contributed by atoms with van der Waals surface area (Å²) in [5.74, 6) is 0. The number of hydrogen-bond acceptors (Lipinski definition) is 0. The monoisotopic (exact) mass is 504 g/mol. The molecule has 0 saturated carbocycles. The molecule has 0 nitrogen and oxygen atoms in total. The average molecular weight is 505 g/mol. The van der Waals surface area contributed by atoms with E-state index in [1.807, 2.05) is 12.1 Å². The maximum Gasteiger partial charge on any atom is 0.0713 e. The highest BCUT2D eigenvalue weighted by Crippen LogP contribution is 2.56. The lowest BCUT2D eigenvalue weighted by atomic mass is 9.67. The molecule has 7 rings (SSSR count). The Balaban J connectivity index is 1.48. The lowest BCUT2D eigenvalue weighted by Gasteiger charge is -2.34. The SMILES string of the molecule is Clc1ccc(-c2ccc3c(c2)-c2ccccc2C3(c2ccccc2)c2ccc(-c3ccccc3)cc2)cc1. The molecule has 0 N–H and O–H groups in total. The van der Waals surface area contributed by atoms with Gasteiger partial charge >= 0.3 is 0 Å². The quantitative estimate of drug-likeness (QED) is 0.223. The van der Waals surface area contributed by atoms with Crippen LogP contribution in [-0.4, -0.2) is 0 Å². The number of hydrogen-bond donors (Lipinski definition) is 0. The molecule has 180 valence electrons. The van der Waals surface area contributed by atoms with Crippen LogP contribution in [0, 0.1) is 0 Å². The normalized spacial score (nSPS) is 15.6. The topological polar surface area (TPSA) is 0 Å². The van der Waals surface area contributed by atoms with Gasteiger partial charge in [-0.3, -0.25) is 0 Å². The number of rotatable bonds is 4. The minimum absolute atomic E-state index is 0.402. The lowest BCUT2D eigenvalue weighted by Crippen LogP contribution is -2.28. The van der Waals surface area contributed by atoms with Gasteiger partial charge in [0, 0.05) is 5.02 Å². The third-order valence-electron chi connectivity index (χ3n) is 7.85. The summed E-state index contributed by atoms with van der Waals surface area (Å²) in [4.78, 5) is 0. The van der Waals surface area contributed by atoms with Gasteiger partial charge in [0.05, 0.1) is 5.41 Å². The van der Waals surface area contributed by atoms with Crippen molar-refractivity contribution >= 4 is 11.6 Å². The van der Waals surface area contributed by atoms with Gasteiger partial charge in [-0.15, -0.1) is 0 Å². The van der Waals surface area contributed by atoms with E-state index >= 15 is 0 Å². The van der Waals surface area contributed by atoms with Crippen LogP contribution in [0.3, 0.4) is 0 Å². The van der Waals surface area contributed by atoms with E-state index in [-0.39, 0.29) is 0 Å². The molecule has 0 amide bonds. The number of halogens is 1. The molecule has 0 aliphatic heterocycles. The molecule has 1 heteroatoms. The zero-order chi connectivity index (χ0) is 25.5. The maximum absolute atomic E-state index is 6.18. The fourth-order valence-electron chi connectivity index (χ4n) is 6.13. The first-order chi connectivity index (χ1) is 18.7. The molecule has 6 aromatic rings. The third-order valence-corrected chi connectivity index (χ3v) is 8.11. The first-order valence-electron chi connectivity index (χ1n) is 13.0. The second kappa shape index (κ2) is 9.17. The van der Waals surface area contributed by atoms with E-state index < -0.39 is 5.41 Å². The van der Waals surface area contributed by atoms with Crippen molar-refractivity contribution in [1.29, 1.82) is 0 Å². The first-order valence-corrected chi connectivity index (χ1v) is 13.3. The van der Waals surface area contributed by atoms with Crippen molar-refractivity contribution < 1.29 is 0 Å². The van der Waals surface area contributed by atoms with Crippen LogP contribution < -0.4 is 0 Å². The summed E-state index contributed by atoms with van der Waals surface area (Å²) in [6.07, 6.45) is 0. The Bertz CT molecular complexity index is 1730. The number of benzene rings is 6. The molecule has 0 fully saturated rings. The molecular formula is C37H25Cl. The second-order valence-electron chi connectivity index (χ2n) is 9.87. The third kappa shape index (κ3) is 3.53. The summed E-state index contributed by atoms with van der Waals surface area (Å²) < 4.78 is 0. The Morgan fingerprint density at radius 1 is 0.368 bits per heavy atom. The van der Waals surface area contributed by atoms with Crippen molar-refractivity contribution in [1.82, 2.24) is 0 Å². The van der Waals surface area contributed by atoms with Crippen LogP contribution in [0.1, 0.15) is 22.3 Å². The molecule has 1 atom stereocenters. The van der Waals surface area contributed by atoms with Gasteiger partial charge in [0.15, 0.2) is 0 Å². The molecule has 0 saturated heterocycles. The molecule has 38 heavy (non-hydrogen) atoms. The molecule has 0 aromatic heterocycles. The molecule has 1 aliphatic rings. The van der Waals surface area contributed by atoms with E-state index in [1.54, 1.807) is 0 Å². The largest absolute Gasteiger partial charge is 0.0843 e. The fourth-order valence-corrected chi connectivity index (χ4v) is 6.25. The highest BCUT2D eigenvalue weighted by molar-refractivity contribution is 6.30. The highest BCUT2D eigenvalue weighted by atomic mass is 35.5. The zero-order valence-corrected chi connectivity index (χ0v) is 21.6. The Morgan fingerprint density at radius 2 is 0.868 bits per heavy atom. The fraction of sp³-hybridized carbons (Fsp3) is 0.0270. The van der Waals surface area contributed by atoms with Crippen LogP contribution in [0.5, 0.6) is 0 Å². The van der Waals surface area contributed by atoms with E-state index in [1.165, 1.54) is 55.6 Å². The molecule has 1 unspecified atom stereocenters. The predicted molar refractivity (Wildman–Crippen MR) is 160 cm³/mol. The predicted octanol–water partition coefficient (Wildman–Crippen LogP) is 10.0. The van der Waals surface area contributed by atoms with E-state index in [4.69, 9.17) is 11.6 Å². The van der Waals surface area contributed by atoms with Crippen molar-refractivity contribution in [3.05, 3.63) is 179 Å². The minimum atomic E-state index is -0.402. The van der Waals surface area contributed by atoms with Gasteiger partial charge in [-0.1, -0.05) is 145 Å². The first kappa shape index (κ1) is 22.8. The Hall–Kier alpha value is -4.39. The Labute approximate surface area is 228 Å². The van der Waals surface area contributed by atoms with E-state index in [2.05, 4.69) is 140 Å². The molecular weight excluding hydrogens is 480 g/mol. The Morgan fingerprint density at radius 3 is 1.61 bits per heavy atom. The summed E-state index contributed by atoms with van der Waals surface area (Å²) >= 11 is 6.18. The molecule has 1 aliphatic carbocycles. The standard InChI is InChI=1S/C37H25Cl/c38-32-22-17-28(18-23-32)29-19-24-36-34(25-29)33-13-7-8-14-35(33)37(36,30-11-5-2-6-12-30)31-20-15-27(16-21-31)26-9-3-1-4-10-26/h1-25H. The summed E-state index contributed by atoms with van der Waals surface area (Å²) in [7, 11) is 0. The van der Waals surface area contributed by atoms with Gasteiger partial charge in [0.1, 0.15) is 0 Å². The van der Waals surface area contributed by atoms with Crippen LogP contribution in [0.2, 0.25) is 5.02 Å². The van der Waals surface area contributed by atoms with E-state index in [9.17, 15) is 0 Å². The lowest BCUT2D eigenvalue weighted by molar-refractivity contribution is 0.768. The Kier molecular flexibility index (Phi) is 5.50. The summed E-state index contributed by atoms with van der Waals surface area (Å²) in [5.41, 5.74) is 12.2. The summed E-state index contributed by atoms with van der Waals surface area (Å²) in [5, 5.41) is 0.752. The second-order valence-corrected chi connectivity index (χ2v) is 10.3.